The van der Waals surface area contributed by atoms with E-state index in [1.807, 2.05) is 19.1 Å². The summed E-state index contributed by atoms with van der Waals surface area (Å²) >= 11 is 0. The van der Waals surface area contributed by atoms with Crippen molar-refractivity contribution in [3.63, 3.8) is 0 Å². The lowest BCUT2D eigenvalue weighted by atomic mass is 9.86. The number of carbonyl (C=O) groups is 1. The molecule has 144 valence electrons. The number of rotatable bonds is 5. The highest BCUT2D eigenvalue weighted by molar-refractivity contribution is 5.94. The lowest BCUT2D eigenvalue weighted by Gasteiger charge is -2.28. The summed E-state index contributed by atoms with van der Waals surface area (Å²) in [6.45, 7) is 2.27. The van der Waals surface area contributed by atoms with E-state index < -0.39 is 0 Å². The van der Waals surface area contributed by atoms with E-state index in [-0.39, 0.29) is 11.7 Å². The molecule has 2 fully saturated rings. The zero-order valence-corrected chi connectivity index (χ0v) is 16.2. The first-order chi connectivity index (χ1) is 13.5. The van der Waals surface area contributed by atoms with Crippen LogP contribution in [0.3, 0.4) is 0 Å². The second-order valence-corrected chi connectivity index (χ2v) is 8.36. The molecule has 0 unspecified atom stereocenters. The number of carbonyl (C=O) groups excluding carboxylic acids is 1. The molecule has 2 aliphatic carbocycles. The molecule has 2 aromatic carbocycles. The Labute approximate surface area is 165 Å². The number of nitriles is 1. The minimum Gasteiger partial charge on any atom is -0.308 e. The van der Waals surface area contributed by atoms with Crippen molar-refractivity contribution in [2.75, 3.05) is 4.90 Å². The summed E-state index contributed by atoms with van der Waals surface area (Å²) in [5.74, 6) is 1.80. The van der Waals surface area contributed by atoms with Gasteiger partial charge in [-0.1, -0.05) is 18.6 Å². The van der Waals surface area contributed by atoms with E-state index in [1.54, 1.807) is 23.1 Å². The maximum absolute atomic E-state index is 13.6. The average Bonchev–Trinajstić information content (AvgIpc) is 3.30. The molecule has 2 aromatic rings. The number of nitrogens with zero attached hydrogens (tertiary/aromatic N) is 2. The van der Waals surface area contributed by atoms with Crippen LogP contribution in [0, 0.1) is 41.8 Å². The van der Waals surface area contributed by atoms with Crippen molar-refractivity contribution < 1.29 is 9.18 Å². The third-order valence-electron chi connectivity index (χ3n) is 6.50. The molecule has 28 heavy (non-hydrogen) atoms. The normalized spacial score (nSPS) is 22.8. The molecule has 4 heteroatoms. The molecule has 0 heterocycles. The van der Waals surface area contributed by atoms with Crippen molar-refractivity contribution in [3.8, 4) is 6.07 Å². The standard InChI is InChI=1S/C24H25FN2O/c1-16-10-22(25)8-9-23(16)27(15-18-4-2-17(14-26)3-5-18)24(28)13-21-12-19-6-7-20(21)11-19/h2-5,8-10,19-21H,6-7,11-13,15H2,1H3/t19-,20+,21+/m0/s1. The van der Waals surface area contributed by atoms with Crippen LogP contribution in [0.25, 0.3) is 0 Å². The summed E-state index contributed by atoms with van der Waals surface area (Å²) in [6, 6.07) is 14.0. The maximum Gasteiger partial charge on any atom is 0.227 e. The molecule has 0 aromatic heterocycles. The topological polar surface area (TPSA) is 44.1 Å². The Hall–Kier alpha value is -2.67. The van der Waals surface area contributed by atoms with Crippen LogP contribution in [-0.4, -0.2) is 5.91 Å². The van der Waals surface area contributed by atoms with Crippen LogP contribution in [0.15, 0.2) is 42.5 Å². The third kappa shape index (κ3) is 3.80. The van der Waals surface area contributed by atoms with Crippen molar-refractivity contribution in [3.05, 3.63) is 65.0 Å². The van der Waals surface area contributed by atoms with Crippen molar-refractivity contribution in [2.24, 2.45) is 17.8 Å². The van der Waals surface area contributed by atoms with Crippen molar-refractivity contribution in [1.82, 2.24) is 0 Å². The predicted octanol–water partition coefficient (Wildman–Crippen LogP) is 5.37. The molecule has 0 spiro atoms. The molecule has 1 amide bonds. The number of hydrogen-bond donors (Lipinski definition) is 0. The quantitative estimate of drug-likeness (QED) is 0.704. The number of halogens is 1. The van der Waals surface area contributed by atoms with Gasteiger partial charge in [-0.25, -0.2) is 4.39 Å². The van der Waals surface area contributed by atoms with Crippen LogP contribution in [0.4, 0.5) is 10.1 Å². The smallest absolute Gasteiger partial charge is 0.227 e. The first kappa shape index (κ1) is 18.7. The molecule has 3 atom stereocenters. The van der Waals surface area contributed by atoms with Gasteiger partial charge >= 0.3 is 0 Å². The Morgan fingerprint density at radius 3 is 2.57 bits per heavy atom. The fourth-order valence-corrected chi connectivity index (χ4v) is 5.06. The van der Waals surface area contributed by atoms with E-state index in [0.717, 1.165) is 22.7 Å². The third-order valence-corrected chi connectivity index (χ3v) is 6.50. The Balaban J connectivity index is 1.58. The number of aryl methyl sites for hydroxylation is 1. The van der Waals surface area contributed by atoms with E-state index in [0.29, 0.717) is 30.4 Å². The van der Waals surface area contributed by atoms with Gasteiger partial charge in [0.15, 0.2) is 0 Å². The van der Waals surface area contributed by atoms with Gasteiger partial charge in [0.1, 0.15) is 5.82 Å². The molecule has 0 saturated heterocycles. The number of amides is 1. The fourth-order valence-electron chi connectivity index (χ4n) is 5.06. The summed E-state index contributed by atoms with van der Waals surface area (Å²) in [7, 11) is 0. The summed E-state index contributed by atoms with van der Waals surface area (Å²) in [6.07, 6.45) is 5.59. The van der Waals surface area contributed by atoms with Crippen molar-refractivity contribution in [2.45, 2.75) is 45.6 Å². The second kappa shape index (κ2) is 7.75. The average molecular weight is 376 g/mol. The van der Waals surface area contributed by atoms with Gasteiger partial charge in [-0.2, -0.15) is 5.26 Å². The van der Waals surface area contributed by atoms with Gasteiger partial charge < -0.3 is 4.90 Å². The Morgan fingerprint density at radius 2 is 1.96 bits per heavy atom. The summed E-state index contributed by atoms with van der Waals surface area (Å²) < 4.78 is 13.6. The molecule has 2 bridgehead atoms. The van der Waals surface area contributed by atoms with Gasteiger partial charge in [0.05, 0.1) is 18.2 Å². The zero-order chi connectivity index (χ0) is 19.7. The first-order valence-corrected chi connectivity index (χ1v) is 10.1. The SMILES string of the molecule is Cc1cc(F)ccc1N(Cc1ccc(C#N)cc1)C(=O)C[C@H]1C[C@H]2CC[C@@H]1C2. The number of hydrogen-bond acceptors (Lipinski definition) is 2. The number of benzene rings is 2. The van der Waals surface area contributed by atoms with Crippen molar-refractivity contribution >= 4 is 11.6 Å². The fraction of sp³-hybridized carbons (Fsp3) is 0.417. The van der Waals surface area contributed by atoms with E-state index in [2.05, 4.69) is 6.07 Å². The van der Waals surface area contributed by atoms with Crippen LogP contribution in [-0.2, 0) is 11.3 Å². The van der Waals surface area contributed by atoms with Crippen LogP contribution >= 0.6 is 0 Å². The highest BCUT2D eigenvalue weighted by atomic mass is 19.1. The maximum atomic E-state index is 13.6. The molecular weight excluding hydrogens is 351 g/mol. The Morgan fingerprint density at radius 1 is 1.18 bits per heavy atom. The van der Waals surface area contributed by atoms with Gasteiger partial charge in [0.25, 0.3) is 0 Å². The van der Waals surface area contributed by atoms with Gasteiger partial charge in [-0.05, 0) is 85.4 Å². The lowest BCUT2D eigenvalue weighted by molar-refractivity contribution is -0.120. The van der Waals surface area contributed by atoms with E-state index in [1.165, 1.54) is 37.8 Å². The highest BCUT2D eigenvalue weighted by Gasteiger charge is 2.40. The largest absolute Gasteiger partial charge is 0.308 e. The first-order valence-electron chi connectivity index (χ1n) is 10.1. The van der Waals surface area contributed by atoms with Gasteiger partial charge in [0.2, 0.25) is 5.91 Å². The summed E-state index contributed by atoms with van der Waals surface area (Å²) in [5, 5.41) is 9.00. The zero-order valence-electron chi connectivity index (χ0n) is 16.2. The molecule has 0 N–H and O–H groups in total. The van der Waals surface area contributed by atoms with Crippen LogP contribution in [0.5, 0.6) is 0 Å². The lowest BCUT2D eigenvalue weighted by Crippen LogP contribution is -2.33. The number of fused-ring (bicyclic) bond motifs is 2. The highest BCUT2D eigenvalue weighted by Crippen LogP contribution is 2.49. The van der Waals surface area contributed by atoms with Crippen molar-refractivity contribution in [1.29, 1.82) is 5.26 Å². The molecule has 0 radical (unpaired) electrons. The van der Waals surface area contributed by atoms with Crippen LogP contribution in [0.2, 0.25) is 0 Å². The number of anilines is 1. The van der Waals surface area contributed by atoms with Crippen LogP contribution in [0.1, 0.15) is 48.8 Å². The Bertz CT molecular complexity index is 915. The van der Waals surface area contributed by atoms with Crippen LogP contribution < -0.4 is 4.90 Å². The van der Waals surface area contributed by atoms with E-state index in [4.69, 9.17) is 5.26 Å². The van der Waals surface area contributed by atoms with E-state index >= 15 is 0 Å². The minimum atomic E-state index is -0.292. The Kier molecular flexibility index (Phi) is 5.17. The molecular formula is C24H25FN2O. The van der Waals surface area contributed by atoms with Gasteiger partial charge in [-0.15, -0.1) is 0 Å². The second-order valence-electron chi connectivity index (χ2n) is 8.36. The van der Waals surface area contributed by atoms with Gasteiger partial charge in [0, 0.05) is 12.1 Å². The molecule has 0 aliphatic heterocycles. The van der Waals surface area contributed by atoms with Gasteiger partial charge in [-0.3, -0.25) is 4.79 Å². The minimum absolute atomic E-state index is 0.108. The summed E-state index contributed by atoms with van der Waals surface area (Å²) in [4.78, 5) is 15.1. The predicted molar refractivity (Wildman–Crippen MR) is 107 cm³/mol. The molecule has 4 rings (SSSR count). The molecule has 2 aliphatic rings. The molecule has 2 saturated carbocycles. The van der Waals surface area contributed by atoms with E-state index in [9.17, 15) is 9.18 Å². The molecule has 3 nitrogen and oxygen atoms in total. The summed E-state index contributed by atoms with van der Waals surface area (Å²) in [5.41, 5.74) is 3.08. The monoisotopic (exact) mass is 376 g/mol.